The van der Waals surface area contributed by atoms with Gasteiger partial charge in [-0.15, -0.1) is 0 Å². The van der Waals surface area contributed by atoms with E-state index in [1.807, 2.05) is 56.3 Å². The third-order valence-corrected chi connectivity index (χ3v) is 19.4. The van der Waals surface area contributed by atoms with Gasteiger partial charge in [-0.3, -0.25) is 28.2 Å². The van der Waals surface area contributed by atoms with Crippen LogP contribution in [0.4, 0.5) is 28.9 Å². The summed E-state index contributed by atoms with van der Waals surface area (Å²) in [7, 11) is -4.79. The standard InChI is InChI=1S/C36H31F2N3O4S.C35H30F2N4O4S.3K.HO4P/c1-20(2)13-24-19-40-31(17-26(24)23-14-22-7-6-8-30(38)27(22)15-23)28-16-29-33(18-32(28)41(4)46(5,43)44)45-35(34(29)36(42)39-3)21-9-11-25(37)12-10-21;1-35(2)17-20-18-39-27(14-22(20)30-15-23-26(37)7-6-8-28(23)41(30)35)24-13-25-31(16-29(24)40(4)46(5,43)44)45-33(32(25)34(42)38-3)19-9-11-21(36)12-10-19;;;;1-4-5(2)3/h6-13,15-19H,14H2,1-5H3,(H,39,42);6-16,18H,17H2,1-5H3,(H,38,42);;;;1H/q;;;;+1;/p-1. The quantitative estimate of drug-likeness (QED) is 0.0358. The van der Waals surface area contributed by atoms with Crippen molar-refractivity contribution in [1.29, 1.82) is 0 Å². The van der Waals surface area contributed by atoms with Crippen molar-refractivity contribution in [3.63, 3.8) is 0 Å². The molecule has 100 heavy (non-hydrogen) atoms. The van der Waals surface area contributed by atoms with Crippen LogP contribution < -0.4 is 80.8 Å². The third-order valence-electron chi connectivity index (χ3n) is 16.9. The van der Waals surface area contributed by atoms with Gasteiger partial charge in [0, 0.05) is 113 Å². The van der Waals surface area contributed by atoms with E-state index in [1.54, 1.807) is 48.8 Å². The third kappa shape index (κ3) is 16.5. The summed E-state index contributed by atoms with van der Waals surface area (Å²) in [6.45, 7) is 8.14. The molecular formula is C71H61F4K3N7O12PS2. The molecule has 2 N–H and O–H groups in total. The van der Waals surface area contributed by atoms with Crippen LogP contribution >= 0.6 is 8.25 Å². The Labute approximate surface area is 663 Å². The van der Waals surface area contributed by atoms with E-state index in [-0.39, 0.29) is 114 Å². The van der Waals surface area contributed by atoms with Crippen LogP contribution in [0.25, 0.3) is 107 Å². The molecule has 5 aromatic heterocycles. The summed E-state index contributed by atoms with van der Waals surface area (Å²) in [6, 6.07) is 33.3. The average molecular weight is 1490 g/mol. The van der Waals surface area contributed by atoms with E-state index >= 15 is 0 Å². The Morgan fingerprint density at radius 3 is 1.60 bits per heavy atom. The van der Waals surface area contributed by atoms with E-state index in [4.69, 9.17) is 33.5 Å². The zero-order chi connectivity index (χ0) is 71.9. The van der Waals surface area contributed by atoms with Crippen molar-refractivity contribution in [2.75, 3.05) is 49.3 Å². The molecule has 0 bridgehead atoms. The van der Waals surface area contributed by atoms with Gasteiger partial charge in [-0.05, 0) is 171 Å². The summed E-state index contributed by atoms with van der Waals surface area (Å²) in [4.78, 5) is 45.0. The Morgan fingerprint density at radius 1 is 0.670 bits per heavy atom. The summed E-state index contributed by atoms with van der Waals surface area (Å²) in [5, 5.41) is 15.2. The van der Waals surface area contributed by atoms with Gasteiger partial charge in [-0.25, -0.2) is 39.1 Å². The Balaban J connectivity index is 0.000000212. The summed E-state index contributed by atoms with van der Waals surface area (Å²) in [5.74, 6) is -1.93. The molecule has 29 heteroatoms. The maximum absolute atomic E-state index is 15.0. The van der Waals surface area contributed by atoms with E-state index in [9.17, 15) is 44.0 Å². The van der Waals surface area contributed by atoms with E-state index < -0.39 is 51.8 Å². The predicted molar refractivity (Wildman–Crippen MR) is 374 cm³/mol. The summed E-state index contributed by atoms with van der Waals surface area (Å²) in [6.07, 6.45) is 10.7. The first-order valence-electron chi connectivity index (χ1n) is 30.8. The van der Waals surface area contributed by atoms with Crippen molar-refractivity contribution in [3.05, 3.63) is 208 Å². The van der Waals surface area contributed by atoms with Crippen LogP contribution in [0.5, 0.6) is 0 Å². The first-order chi connectivity index (χ1) is 46.9. The van der Waals surface area contributed by atoms with Gasteiger partial charge < -0.3 is 34.2 Å². The zero-order valence-corrected chi connectivity index (χ0v) is 68.7. The van der Waals surface area contributed by atoms with Crippen molar-refractivity contribution in [2.45, 2.75) is 46.1 Å². The van der Waals surface area contributed by atoms with E-state index in [0.717, 1.165) is 71.3 Å². The molecule has 1 unspecified atom stereocenters. The molecule has 11 aromatic rings. The van der Waals surface area contributed by atoms with Crippen molar-refractivity contribution >= 4 is 165 Å². The number of anilines is 2. The monoisotopic (exact) mass is 1490 g/mol. The molecule has 0 fully saturated rings. The van der Waals surface area contributed by atoms with Crippen molar-refractivity contribution in [3.8, 4) is 56.4 Å². The van der Waals surface area contributed by atoms with Gasteiger partial charge in [0.15, 0.2) is 0 Å². The van der Waals surface area contributed by atoms with Crippen LogP contribution in [0.15, 0.2) is 154 Å². The topological polar surface area (TPSA) is 262 Å². The minimum atomic E-state index is -3.75. The van der Waals surface area contributed by atoms with Gasteiger partial charge in [0.05, 0.1) is 57.6 Å². The average Bonchev–Trinajstić information content (AvgIpc) is 1.52. The number of fused-ring (bicyclic) bond motifs is 8. The number of nitrogens with one attached hydrogen (secondary N) is 2. The van der Waals surface area contributed by atoms with Gasteiger partial charge in [0.25, 0.3) is 11.8 Å². The van der Waals surface area contributed by atoms with Crippen LogP contribution in [0.3, 0.4) is 0 Å². The molecule has 0 saturated carbocycles. The number of benzene rings is 6. The van der Waals surface area contributed by atoms with E-state index in [2.05, 4.69) is 33.7 Å². The fourth-order valence-corrected chi connectivity index (χ4v) is 13.3. The Bertz CT molecular complexity index is 5380. The second-order valence-corrected chi connectivity index (χ2v) is 28.7. The molecule has 500 valence electrons. The van der Waals surface area contributed by atoms with Gasteiger partial charge in [0.1, 0.15) is 46.0 Å². The van der Waals surface area contributed by atoms with Crippen LogP contribution in [0.2, 0.25) is 0 Å². The van der Waals surface area contributed by atoms with Gasteiger partial charge in [-0.2, -0.15) is 0 Å². The second-order valence-electron chi connectivity index (χ2n) is 24.1. The number of sulfonamides is 2. The number of pyridine rings is 2. The van der Waals surface area contributed by atoms with Gasteiger partial charge >= 0.3 is 123 Å². The maximum atomic E-state index is 15.0. The van der Waals surface area contributed by atoms with Crippen molar-refractivity contribution in [1.82, 2.24) is 25.2 Å². The summed E-state index contributed by atoms with van der Waals surface area (Å²) < 4.78 is 137. The minimum absolute atomic E-state index is 0. The molecule has 2 amide bonds. The first kappa shape index (κ1) is 78.9. The molecule has 6 heterocycles. The fraction of sp³-hybridized carbons (Fsp3) is 0.183. The summed E-state index contributed by atoms with van der Waals surface area (Å²) >= 11 is 2.50. The Hall–Kier alpha value is -5.23. The van der Waals surface area contributed by atoms with Gasteiger partial charge in [-0.1, -0.05) is 29.8 Å². The number of furan rings is 2. The van der Waals surface area contributed by atoms with E-state index in [1.165, 1.54) is 152 Å². The number of aromatic nitrogens is 3. The fourth-order valence-electron chi connectivity index (χ4n) is 12.3. The zero-order valence-electron chi connectivity index (χ0n) is 56.8. The number of allylic oxidation sites excluding steroid dienone is 2. The number of nitrogens with zero attached hydrogens (tertiary/aromatic N) is 5. The first-order valence-corrected chi connectivity index (χ1v) is 51.6. The molecular weight excluding hydrogens is 1430 g/mol. The number of carbonyl (C=O) groups is 2. The number of halogens is 4. The normalized spacial score (nSPS) is 12.8. The van der Waals surface area contributed by atoms with Gasteiger partial charge in [0.2, 0.25) is 20.0 Å². The molecule has 6 aromatic carbocycles. The summed E-state index contributed by atoms with van der Waals surface area (Å²) in [5.41, 5.74) is 12.3. The molecule has 13 rings (SSSR count). The molecule has 1 aliphatic carbocycles. The van der Waals surface area contributed by atoms with Crippen LogP contribution in [0, 0.1) is 23.3 Å². The number of rotatable bonds is 13. The predicted octanol–water partition coefficient (Wildman–Crippen LogP) is 9.36. The SMILES string of the molecule is CNC(=O)c1c(-c2ccc(F)cc2)oc2cc(N(C)S(C)(=O)=O)c(-c3cc(C4=Cc5c(F)cccc5C4)c(C=C(C)C)cn3)cc12.CNC(=O)c1c(-c2ccc(F)cc2)oc2cc(N(C)S(C)(=O)=O)c(-c3cc4c(cn3)CC(C)(C)n3c-4cc4c(F)cccc43)cc12.O=[P+]([O-])O[O-].[K+].[K][K]. The molecule has 2 aliphatic rings. The van der Waals surface area contributed by atoms with Crippen molar-refractivity contribution in [2.24, 2.45) is 0 Å². The van der Waals surface area contributed by atoms with Crippen LogP contribution in [-0.2, 0) is 47.7 Å². The number of hydrogen-bond acceptors (Lipinski definition) is 14. The van der Waals surface area contributed by atoms with Crippen molar-refractivity contribution < 1.29 is 124 Å². The Morgan fingerprint density at radius 2 is 1.14 bits per heavy atom. The van der Waals surface area contributed by atoms with E-state index in [0.29, 0.717) is 68.2 Å². The number of carbonyl (C=O) groups excluding carboxylic acids is 2. The number of hydrogen-bond donors (Lipinski definition) is 2. The second kappa shape index (κ2) is 32.4. The van der Waals surface area contributed by atoms with Crippen LogP contribution in [-0.4, -0.2) is 147 Å². The van der Waals surface area contributed by atoms with Crippen LogP contribution in [0.1, 0.15) is 76.2 Å². The molecule has 0 radical (unpaired) electrons. The molecule has 0 saturated heterocycles. The molecule has 19 nitrogen and oxygen atoms in total. The molecule has 0 spiro atoms. The molecule has 1 aliphatic heterocycles. The Kier molecular flexibility index (Phi) is 25.6. The molecule has 1 atom stereocenters. The number of amides is 2.